The molecule has 1 heterocycles. The summed E-state index contributed by atoms with van der Waals surface area (Å²) in [6.07, 6.45) is -3.16. The minimum absolute atomic E-state index is 0.393. The van der Waals surface area contributed by atoms with Gasteiger partial charge in [0.05, 0.1) is 6.04 Å². The van der Waals surface area contributed by atoms with Crippen LogP contribution in [0.25, 0.3) is 0 Å². The van der Waals surface area contributed by atoms with Gasteiger partial charge in [0.25, 0.3) is 0 Å². The highest BCUT2D eigenvalue weighted by Gasteiger charge is 2.35. The van der Waals surface area contributed by atoms with Crippen LogP contribution >= 0.6 is 22.9 Å². The molecule has 0 spiro atoms. The van der Waals surface area contributed by atoms with E-state index in [1.54, 1.807) is 0 Å². The molecule has 0 fully saturated rings. The number of aryl methyl sites for hydroxylation is 1. The monoisotopic (exact) mass is 334 g/mol. The van der Waals surface area contributed by atoms with Crippen molar-refractivity contribution < 1.29 is 13.2 Å². The average molecular weight is 335 g/mol. The van der Waals surface area contributed by atoms with Gasteiger partial charge < -0.3 is 5.32 Å². The Morgan fingerprint density at radius 2 is 2.10 bits per heavy atom. The van der Waals surface area contributed by atoms with Crippen molar-refractivity contribution in [3.63, 3.8) is 0 Å². The van der Waals surface area contributed by atoms with Crippen LogP contribution in [0.5, 0.6) is 0 Å². The first-order valence-corrected chi connectivity index (χ1v) is 7.55. The van der Waals surface area contributed by atoms with Gasteiger partial charge in [-0.15, -0.1) is 11.3 Å². The van der Waals surface area contributed by atoms with Crippen LogP contribution in [0.2, 0.25) is 5.02 Å². The van der Waals surface area contributed by atoms with Gasteiger partial charge in [0.15, 0.2) is 5.01 Å². The summed E-state index contributed by atoms with van der Waals surface area (Å²) in [6, 6.07) is 5.13. The lowest BCUT2D eigenvalue weighted by Gasteiger charge is -2.18. The summed E-state index contributed by atoms with van der Waals surface area (Å²) in [6.45, 7) is 4.36. The van der Waals surface area contributed by atoms with Gasteiger partial charge in [-0.25, -0.2) is 4.98 Å². The summed E-state index contributed by atoms with van der Waals surface area (Å²) in [5, 5.41) is 2.88. The lowest BCUT2D eigenvalue weighted by molar-refractivity contribution is -0.137. The molecule has 7 heteroatoms. The van der Waals surface area contributed by atoms with Crippen LogP contribution in [0.1, 0.15) is 34.0 Å². The van der Waals surface area contributed by atoms with Crippen LogP contribution in [0.15, 0.2) is 24.4 Å². The summed E-state index contributed by atoms with van der Waals surface area (Å²) in [5.41, 5.74) is 1.65. The number of halogens is 4. The number of alkyl halides is 3. The molecule has 1 aromatic carbocycles. The smallest absolute Gasteiger partial charge is 0.306 e. The fourth-order valence-corrected chi connectivity index (χ4v) is 3.13. The molecule has 0 aliphatic heterocycles. The Hall–Kier alpha value is -1.11. The Labute approximate surface area is 130 Å². The van der Waals surface area contributed by atoms with Crippen molar-refractivity contribution in [1.82, 2.24) is 10.3 Å². The van der Waals surface area contributed by atoms with Crippen LogP contribution in [0.3, 0.4) is 0 Å². The molecule has 1 unspecified atom stereocenters. The molecule has 1 aromatic heterocycles. The van der Waals surface area contributed by atoms with Crippen LogP contribution in [0.4, 0.5) is 13.2 Å². The van der Waals surface area contributed by atoms with Gasteiger partial charge in [0, 0.05) is 16.1 Å². The van der Waals surface area contributed by atoms with Crippen molar-refractivity contribution in [2.45, 2.75) is 26.1 Å². The molecule has 0 amide bonds. The third-order valence-corrected chi connectivity index (χ3v) is 4.61. The predicted molar refractivity (Wildman–Crippen MR) is 78.8 cm³/mol. The van der Waals surface area contributed by atoms with Gasteiger partial charge >= 0.3 is 6.18 Å². The molecule has 1 atom stereocenters. The first kappa shape index (κ1) is 16.3. The second kappa shape index (κ2) is 6.34. The minimum atomic E-state index is -4.42. The molecule has 0 aliphatic carbocycles. The van der Waals surface area contributed by atoms with E-state index >= 15 is 0 Å². The summed E-state index contributed by atoms with van der Waals surface area (Å²) < 4.78 is 38.1. The van der Waals surface area contributed by atoms with Crippen molar-refractivity contribution >= 4 is 22.9 Å². The number of nitrogens with zero attached hydrogens (tertiary/aromatic N) is 1. The minimum Gasteiger partial charge on any atom is -0.306 e. The maximum absolute atomic E-state index is 12.7. The van der Waals surface area contributed by atoms with E-state index in [2.05, 4.69) is 10.3 Å². The van der Waals surface area contributed by atoms with Crippen LogP contribution in [-0.2, 0) is 6.18 Å². The molecule has 1 N–H and O–H groups in total. The van der Waals surface area contributed by atoms with Crippen LogP contribution in [0, 0.1) is 6.92 Å². The normalized spacial score (nSPS) is 13.4. The summed E-state index contributed by atoms with van der Waals surface area (Å²) in [4.78, 5) is 3.98. The zero-order valence-corrected chi connectivity index (χ0v) is 13.0. The third kappa shape index (κ3) is 3.56. The number of aromatic nitrogens is 1. The highest BCUT2D eigenvalue weighted by atomic mass is 35.5. The van der Waals surface area contributed by atoms with Gasteiger partial charge in [-0.1, -0.05) is 36.7 Å². The lowest BCUT2D eigenvalue weighted by Crippen LogP contribution is -2.21. The molecule has 0 radical (unpaired) electrons. The van der Waals surface area contributed by atoms with E-state index in [-0.39, 0.29) is 0 Å². The first-order chi connectivity index (χ1) is 9.84. The molecule has 2 nitrogen and oxygen atoms in total. The standard InChI is InChI=1S/C14H14ClF3N2S/c1-3-19-12(9-6-4-5-8(2)11(9)15)10-7-20-13(21-10)14(16,17)18/h4-7,12,19H,3H2,1-2H3. The topological polar surface area (TPSA) is 24.9 Å². The maximum atomic E-state index is 12.7. The average Bonchev–Trinajstić information content (AvgIpc) is 2.89. The molecule has 0 bridgehead atoms. The van der Waals surface area contributed by atoms with Gasteiger partial charge in [0.2, 0.25) is 0 Å². The SMILES string of the molecule is CCNC(c1cnc(C(F)(F)F)s1)c1cccc(C)c1Cl. The Morgan fingerprint density at radius 3 is 2.67 bits per heavy atom. The second-order valence-electron chi connectivity index (χ2n) is 4.53. The number of hydrogen-bond acceptors (Lipinski definition) is 3. The Bertz CT molecular complexity index is 625. The van der Waals surface area contributed by atoms with Crippen molar-refractivity contribution in [2.24, 2.45) is 0 Å². The molecular weight excluding hydrogens is 321 g/mol. The highest BCUT2D eigenvalue weighted by Crippen LogP contribution is 2.37. The largest absolute Gasteiger partial charge is 0.443 e. The summed E-state index contributed by atoms with van der Waals surface area (Å²) in [7, 11) is 0. The Balaban J connectivity index is 2.44. The molecule has 2 aromatic rings. The molecule has 2 rings (SSSR count). The lowest BCUT2D eigenvalue weighted by atomic mass is 10.0. The number of nitrogens with one attached hydrogen (secondary N) is 1. The van der Waals surface area contributed by atoms with E-state index in [9.17, 15) is 13.2 Å². The number of hydrogen-bond donors (Lipinski definition) is 1. The number of rotatable bonds is 4. The van der Waals surface area contributed by atoms with Gasteiger partial charge in [-0.2, -0.15) is 13.2 Å². The number of benzene rings is 1. The fourth-order valence-electron chi connectivity index (χ4n) is 2.01. The van der Waals surface area contributed by atoms with E-state index in [0.29, 0.717) is 27.8 Å². The first-order valence-electron chi connectivity index (χ1n) is 6.36. The Morgan fingerprint density at radius 1 is 1.38 bits per heavy atom. The predicted octanol–water partition coefficient (Wildman–Crippen LogP) is 4.82. The summed E-state index contributed by atoms with van der Waals surface area (Å²) in [5.74, 6) is 0. The van der Waals surface area contributed by atoms with E-state index in [1.807, 2.05) is 32.0 Å². The molecular formula is C14H14ClF3N2S. The van der Waals surface area contributed by atoms with Crippen molar-refractivity contribution in [3.05, 3.63) is 50.4 Å². The molecule has 21 heavy (non-hydrogen) atoms. The van der Waals surface area contributed by atoms with E-state index in [1.165, 1.54) is 6.20 Å². The van der Waals surface area contributed by atoms with Gasteiger partial charge in [-0.3, -0.25) is 0 Å². The zero-order valence-electron chi connectivity index (χ0n) is 11.5. The molecule has 0 saturated heterocycles. The second-order valence-corrected chi connectivity index (χ2v) is 5.97. The maximum Gasteiger partial charge on any atom is 0.443 e. The van der Waals surface area contributed by atoms with Gasteiger partial charge in [-0.05, 0) is 24.6 Å². The van der Waals surface area contributed by atoms with Crippen molar-refractivity contribution in [2.75, 3.05) is 6.54 Å². The highest BCUT2D eigenvalue weighted by molar-refractivity contribution is 7.11. The van der Waals surface area contributed by atoms with Crippen molar-refractivity contribution in [1.29, 1.82) is 0 Å². The van der Waals surface area contributed by atoms with Crippen LogP contribution < -0.4 is 5.32 Å². The molecule has 0 saturated carbocycles. The molecule has 0 aliphatic rings. The zero-order chi connectivity index (χ0) is 15.6. The van der Waals surface area contributed by atoms with Gasteiger partial charge in [0.1, 0.15) is 0 Å². The van der Waals surface area contributed by atoms with E-state index < -0.39 is 17.2 Å². The quantitative estimate of drug-likeness (QED) is 0.866. The number of thiazole rings is 1. The fraction of sp³-hybridized carbons (Fsp3) is 0.357. The molecule has 114 valence electrons. The van der Waals surface area contributed by atoms with E-state index in [4.69, 9.17) is 11.6 Å². The van der Waals surface area contributed by atoms with Crippen LogP contribution in [-0.4, -0.2) is 11.5 Å². The van der Waals surface area contributed by atoms with Crippen molar-refractivity contribution in [3.8, 4) is 0 Å². The summed E-state index contributed by atoms with van der Waals surface area (Å²) >= 11 is 6.93. The third-order valence-electron chi connectivity index (χ3n) is 2.99. The van der Waals surface area contributed by atoms with E-state index in [0.717, 1.165) is 11.1 Å². The Kier molecular flexibility index (Phi) is 4.91.